The van der Waals surface area contributed by atoms with Crippen molar-refractivity contribution in [3.8, 4) is 5.75 Å². The largest absolute Gasteiger partial charge is 0.508 e. The second-order valence-electron chi connectivity index (χ2n) is 4.64. The van der Waals surface area contributed by atoms with Gasteiger partial charge in [0.2, 0.25) is 5.91 Å². The number of carbonyl (C=O) groups is 1. The Kier molecular flexibility index (Phi) is 5.16. The fraction of sp³-hybridized carbons (Fsp3) is 0.500. The van der Waals surface area contributed by atoms with Crippen LogP contribution in [0.15, 0.2) is 18.2 Å². The van der Waals surface area contributed by atoms with Crippen LogP contribution in [0.3, 0.4) is 0 Å². The standard InChI is InChI=1S/C14H22N2O2/c1-5-16(14(18)9-15-10(2)3)13-8-12(17)7-6-11(13)4/h6-8,10,15,17H,5,9H2,1-4H3. The molecule has 0 spiro atoms. The molecule has 0 heterocycles. The Morgan fingerprint density at radius 1 is 1.44 bits per heavy atom. The smallest absolute Gasteiger partial charge is 0.240 e. The summed E-state index contributed by atoms with van der Waals surface area (Å²) in [6.45, 7) is 8.76. The molecule has 1 aromatic rings. The highest BCUT2D eigenvalue weighted by molar-refractivity contribution is 5.95. The summed E-state index contributed by atoms with van der Waals surface area (Å²) in [6, 6.07) is 5.35. The molecule has 0 fully saturated rings. The number of nitrogens with zero attached hydrogens (tertiary/aromatic N) is 1. The Morgan fingerprint density at radius 3 is 2.67 bits per heavy atom. The number of rotatable bonds is 5. The zero-order valence-corrected chi connectivity index (χ0v) is 11.5. The first-order valence-corrected chi connectivity index (χ1v) is 6.29. The minimum Gasteiger partial charge on any atom is -0.508 e. The van der Waals surface area contributed by atoms with Gasteiger partial charge in [-0.1, -0.05) is 19.9 Å². The number of anilines is 1. The number of likely N-dealkylation sites (N-methyl/N-ethyl adjacent to an activating group) is 1. The van der Waals surface area contributed by atoms with Gasteiger partial charge in [0.1, 0.15) is 5.75 Å². The Bertz CT molecular complexity index is 416. The number of hydrogen-bond donors (Lipinski definition) is 2. The highest BCUT2D eigenvalue weighted by atomic mass is 16.3. The molecule has 4 heteroatoms. The number of carbonyl (C=O) groups excluding carboxylic acids is 1. The van der Waals surface area contributed by atoms with E-state index in [-0.39, 0.29) is 17.7 Å². The predicted octanol–water partition coefficient (Wildman–Crippen LogP) is 2.05. The molecule has 0 aromatic heterocycles. The third-order valence-corrected chi connectivity index (χ3v) is 2.76. The molecule has 0 atom stereocenters. The van der Waals surface area contributed by atoms with Crippen molar-refractivity contribution >= 4 is 11.6 Å². The molecule has 1 aromatic carbocycles. The van der Waals surface area contributed by atoms with Crippen LogP contribution in [0, 0.1) is 6.92 Å². The monoisotopic (exact) mass is 250 g/mol. The summed E-state index contributed by atoms with van der Waals surface area (Å²) in [5.74, 6) is 0.193. The van der Waals surface area contributed by atoms with Crippen molar-refractivity contribution in [2.24, 2.45) is 0 Å². The number of aryl methyl sites for hydroxylation is 1. The van der Waals surface area contributed by atoms with Crippen LogP contribution in [0.5, 0.6) is 5.75 Å². The molecule has 0 aliphatic carbocycles. The van der Waals surface area contributed by atoms with E-state index in [1.807, 2.05) is 33.8 Å². The molecule has 0 radical (unpaired) electrons. The van der Waals surface area contributed by atoms with E-state index in [0.29, 0.717) is 13.1 Å². The Labute approximate surface area is 109 Å². The van der Waals surface area contributed by atoms with Gasteiger partial charge in [0, 0.05) is 18.7 Å². The Morgan fingerprint density at radius 2 is 2.11 bits per heavy atom. The van der Waals surface area contributed by atoms with Crippen molar-refractivity contribution in [2.45, 2.75) is 33.7 Å². The van der Waals surface area contributed by atoms with Crippen molar-refractivity contribution in [3.63, 3.8) is 0 Å². The van der Waals surface area contributed by atoms with Crippen LogP contribution in [0.1, 0.15) is 26.3 Å². The van der Waals surface area contributed by atoms with Gasteiger partial charge in [-0.25, -0.2) is 0 Å². The van der Waals surface area contributed by atoms with Crippen molar-refractivity contribution in [2.75, 3.05) is 18.0 Å². The molecule has 0 aliphatic heterocycles. The first-order chi connectivity index (χ1) is 8.45. The number of amides is 1. The second-order valence-corrected chi connectivity index (χ2v) is 4.64. The van der Waals surface area contributed by atoms with E-state index < -0.39 is 0 Å². The van der Waals surface area contributed by atoms with Crippen molar-refractivity contribution in [1.82, 2.24) is 5.32 Å². The first-order valence-electron chi connectivity index (χ1n) is 6.29. The minimum absolute atomic E-state index is 0.0138. The molecule has 100 valence electrons. The lowest BCUT2D eigenvalue weighted by atomic mass is 10.1. The quantitative estimate of drug-likeness (QED) is 0.841. The summed E-state index contributed by atoms with van der Waals surface area (Å²) in [5.41, 5.74) is 1.75. The van der Waals surface area contributed by atoms with E-state index in [0.717, 1.165) is 11.3 Å². The number of hydrogen-bond acceptors (Lipinski definition) is 3. The van der Waals surface area contributed by atoms with Crippen LogP contribution in [0.4, 0.5) is 5.69 Å². The Hall–Kier alpha value is -1.55. The molecule has 0 aliphatic rings. The molecule has 0 bridgehead atoms. The zero-order chi connectivity index (χ0) is 13.7. The summed E-state index contributed by atoms with van der Waals surface area (Å²) in [6.07, 6.45) is 0. The van der Waals surface area contributed by atoms with Gasteiger partial charge in [-0.3, -0.25) is 4.79 Å². The van der Waals surface area contributed by atoms with Crippen LogP contribution in [0.2, 0.25) is 0 Å². The predicted molar refractivity (Wildman–Crippen MR) is 74.0 cm³/mol. The van der Waals surface area contributed by atoms with Gasteiger partial charge in [-0.2, -0.15) is 0 Å². The topological polar surface area (TPSA) is 52.6 Å². The average Bonchev–Trinajstić information content (AvgIpc) is 2.32. The van der Waals surface area contributed by atoms with Gasteiger partial charge >= 0.3 is 0 Å². The summed E-state index contributed by atoms with van der Waals surface area (Å²) in [5, 5.41) is 12.6. The lowest BCUT2D eigenvalue weighted by Gasteiger charge is -2.24. The SMILES string of the molecule is CCN(C(=O)CNC(C)C)c1cc(O)ccc1C. The van der Waals surface area contributed by atoms with E-state index in [4.69, 9.17) is 0 Å². The van der Waals surface area contributed by atoms with Crippen molar-refractivity contribution in [1.29, 1.82) is 0 Å². The first kappa shape index (κ1) is 14.5. The fourth-order valence-electron chi connectivity index (χ4n) is 1.76. The van der Waals surface area contributed by atoms with E-state index in [1.54, 1.807) is 17.0 Å². The molecular formula is C14H22N2O2. The van der Waals surface area contributed by atoms with Crippen LogP contribution >= 0.6 is 0 Å². The molecule has 0 saturated carbocycles. The van der Waals surface area contributed by atoms with Crippen LogP contribution < -0.4 is 10.2 Å². The van der Waals surface area contributed by atoms with Gasteiger partial charge in [0.15, 0.2) is 0 Å². The molecule has 2 N–H and O–H groups in total. The highest BCUT2D eigenvalue weighted by Crippen LogP contribution is 2.24. The normalized spacial score (nSPS) is 10.7. The fourth-order valence-corrected chi connectivity index (χ4v) is 1.76. The minimum atomic E-state index is 0.0138. The van der Waals surface area contributed by atoms with E-state index in [1.165, 1.54) is 0 Å². The Balaban J connectivity index is 2.88. The van der Waals surface area contributed by atoms with Gasteiger partial charge in [-0.15, -0.1) is 0 Å². The lowest BCUT2D eigenvalue weighted by molar-refractivity contribution is -0.117. The molecule has 4 nitrogen and oxygen atoms in total. The number of aromatic hydroxyl groups is 1. The molecule has 1 rings (SSSR count). The molecular weight excluding hydrogens is 228 g/mol. The number of benzene rings is 1. The summed E-state index contributed by atoms with van der Waals surface area (Å²) < 4.78 is 0. The van der Waals surface area contributed by atoms with E-state index in [9.17, 15) is 9.90 Å². The van der Waals surface area contributed by atoms with Crippen LogP contribution in [-0.2, 0) is 4.79 Å². The highest BCUT2D eigenvalue weighted by Gasteiger charge is 2.16. The molecule has 0 saturated heterocycles. The van der Waals surface area contributed by atoms with E-state index in [2.05, 4.69) is 5.32 Å². The third kappa shape index (κ3) is 3.74. The molecule has 18 heavy (non-hydrogen) atoms. The summed E-state index contributed by atoms with van der Waals surface area (Å²) in [7, 11) is 0. The number of phenols is 1. The van der Waals surface area contributed by atoms with Gasteiger partial charge in [0.25, 0.3) is 0 Å². The second kappa shape index (κ2) is 6.40. The van der Waals surface area contributed by atoms with Crippen molar-refractivity contribution < 1.29 is 9.90 Å². The molecule has 1 amide bonds. The van der Waals surface area contributed by atoms with Crippen molar-refractivity contribution in [3.05, 3.63) is 23.8 Å². The number of nitrogens with one attached hydrogen (secondary N) is 1. The van der Waals surface area contributed by atoms with Gasteiger partial charge < -0.3 is 15.3 Å². The van der Waals surface area contributed by atoms with Gasteiger partial charge in [0.05, 0.1) is 12.2 Å². The maximum absolute atomic E-state index is 12.1. The molecule has 0 unspecified atom stereocenters. The van der Waals surface area contributed by atoms with E-state index >= 15 is 0 Å². The lowest BCUT2D eigenvalue weighted by Crippen LogP contribution is -2.40. The number of phenolic OH excluding ortho intramolecular Hbond substituents is 1. The average molecular weight is 250 g/mol. The van der Waals surface area contributed by atoms with Gasteiger partial charge in [-0.05, 0) is 25.5 Å². The summed E-state index contributed by atoms with van der Waals surface area (Å²) in [4.78, 5) is 13.8. The van der Waals surface area contributed by atoms with Crippen LogP contribution in [0.25, 0.3) is 0 Å². The summed E-state index contributed by atoms with van der Waals surface area (Å²) >= 11 is 0. The van der Waals surface area contributed by atoms with Crippen LogP contribution in [-0.4, -0.2) is 30.1 Å². The maximum Gasteiger partial charge on any atom is 0.240 e. The maximum atomic E-state index is 12.1. The third-order valence-electron chi connectivity index (χ3n) is 2.76. The zero-order valence-electron chi connectivity index (χ0n) is 11.5.